The summed E-state index contributed by atoms with van der Waals surface area (Å²) in [7, 11) is -3.31. The number of carboxylic acid groups (broad SMARTS) is 2. The molecule has 210 valence electrons. The van der Waals surface area contributed by atoms with E-state index >= 15 is 0 Å². The molecule has 0 heterocycles. The van der Waals surface area contributed by atoms with Gasteiger partial charge in [-0.25, -0.2) is 8.42 Å². The maximum atomic E-state index is 12.6. The van der Waals surface area contributed by atoms with E-state index in [0.717, 1.165) is 24.0 Å². The van der Waals surface area contributed by atoms with Gasteiger partial charge >= 0.3 is 88.7 Å². The molecule has 0 fully saturated rings. The number of hydrogen-bond acceptors (Lipinski definition) is 8. The fourth-order valence-corrected chi connectivity index (χ4v) is 6.96. The van der Waals surface area contributed by atoms with Gasteiger partial charge in [0.1, 0.15) is 0 Å². The van der Waals surface area contributed by atoms with Crippen LogP contribution in [0.3, 0.4) is 0 Å². The molecule has 4 unspecified atom stereocenters. The van der Waals surface area contributed by atoms with Gasteiger partial charge in [0.05, 0.1) is 5.75 Å². The van der Waals surface area contributed by atoms with E-state index in [4.69, 9.17) is 0 Å². The molecule has 1 aromatic carbocycles. The smallest absolute Gasteiger partial charge is 0.553 e. The summed E-state index contributed by atoms with van der Waals surface area (Å²) in [6, 6.07) is 9.25. The summed E-state index contributed by atoms with van der Waals surface area (Å²) in [5.74, 6) is -6.49. The predicted molar refractivity (Wildman–Crippen MR) is 145 cm³/mol. The van der Waals surface area contributed by atoms with Crippen LogP contribution in [0.15, 0.2) is 53.0 Å². The Balaban J connectivity index is 0. The number of carboxylic acids is 2. The van der Waals surface area contributed by atoms with Gasteiger partial charge in [0.15, 0.2) is 9.84 Å². The van der Waals surface area contributed by atoms with Crippen LogP contribution in [0.5, 0.6) is 0 Å². The molecule has 1 aliphatic rings. The average Bonchev–Trinajstić information content (AvgIpc) is 2.88. The maximum Gasteiger partial charge on any atom is 1.00 e. The van der Waals surface area contributed by atoms with Gasteiger partial charge in [-0.1, -0.05) is 62.2 Å². The van der Waals surface area contributed by atoms with Crippen molar-refractivity contribution >= 4 is 39.4 Å². The average molecular weight is 632 g/mol. The summed E-state index contributed by atoms with van der Waals surface area (Å²) in [5, 5.41) is 26.2. The van der Waals surface area contributed by atoms with Crippen LogP contribution in [-0.2, 0) is 24.2 Å². The van der Waals surface area contributed by atoms with Crippen LogP contribution >= 0.6 is 11.8 Å². The molecule has 1 amide bonds. The number of aliphatic carboxylic acids is 2. The Morgan fingerprint density at radius 2 is 1.61 bits per heavy atom. The van der Waals surface area contributed by atoms with E-state index in [9.17, 15) is 33.0 Å². The van der Waals surface area contributed by atoms with E-state index in [2.05, 4.69) is 5.32 Å². The van der Waals surface area contributed by atoms with Crippen molar-refractivity contribution in [3.63, 3.8) is 0 Å². The van der Waals surface area contributed by atoms with Crippen molar-refractivity contribution in [3.05, 3.63) is 64.9 Å². The zero-order valence-corrected chi connectivity index (χ0v) is 32.7. The van der Waals surface area contributed by atoms with Gasteiger partial charge in [0.25, 0.3) is 0 Å². The van der Waals surface area contributed by atoms with Crippen molar-refractivity contribution in [2.75, 3.05) is 23.8 Å². The van der Waals surface area contributed by atoms with Gasteiger partial charge in [0, 0.05) is 40.8 Å². The van der Waals surface area contributed by atoms with Crippen LogP contribution in [0.25, 0.3) is 0 Å². The van der Waals surface area contributed by atoms with Gasteiger partial charge in [0.2, 0.25) is 5.91 Å². The van der Waals surface area contributed by atoms with E-state index in [1.54, 1.807) is 6.08 Å². The summed E-state index contributed by atoms with van der Waals surface area (Å²) in [6.07, 6.45) is 6.00. The first-order chi connectivity index (χ1) is 17.9. The van der Waals surface area contributed by atoms with Gasteiger partial charge in [-0.05, 0) is 37.3 Å². The van der Waals surface area contributed by atoms with Crippen molar-refractivity contribution in [3.8, 4) is 0 Å². The van der Waals surface area contributed by atoms with Crippen molar-refractivity contribution in [1.29, 1.82) is 0 Å². The first kappa shape index (κ1) is 43.5. The third kappa shape index (κ3) is 15.3. The number of allylic oxidation sites excluding steroid dienone is 4. The van der Waals surface area contributed by atoms with Crippen LogP contribution in [0, 0.1) is 24.2 Å². The van der Waals surface area contributed by atoms with Crippen LogP contribution < -0.4 is 104 Å². The largest absolute Gasteiger partial charge is 1.00 e. The minimum Gasteiger partial charge on any atom is -0.553 e. The van der Waals surface area contributed by atoms with Gasteiger partial charge in [-0.15, -0.1) is 11.8 Å². The fraction of sp³-hybridized carbons (Fsp3) is 0.500. The normalized spacial score (nSPS) is 15.7. The molecule has 0 aliphatic heterocycles. The third-order valence-corrected chi connectivity index (χ3v) is 9.83. The molecule has 0 radical (unpaired) electrons. The standard InChI is InChI=1S/C28H38NO7S2.3Na/c1-19-9-11-24(12-10-19)38(35,36)16-15-37-14-13-29-26(30)21(3)25(28(33)34)18-23(27(31)32)17-20(2)22-7-5-4-6-8-22;;;/h4-9,11,18,20-21,23,25H,10,12-17H2,1-3H3,(H,29,30)(H,31,32)(H,33,34);;;/q-1;3*+1/p-2. The van der Waals surface area contributed by atoms with Crippen LogP contribution in [0.2, 0.25) is 0 Å². The minimum atomic E-state index is -3.31. The second-order valence-corrected chi connectivity index (χ2v) is 13.1. The van der Waals surface area contributed by atoms with Gasteiger partial charge < -0.3 is 31.5 Å². The zero-order chi connectivity index (χ0) is 28.3. The predicted octanol–water partition coefficient (Wildman–Crippen LogP) is -7.35. The quantitative estimate of drug-likeness (QED) is 0.108. The van der Waals surface area contributed by atoms with Crippen LogP contribution in [0.1, 0.15) is 51.5 Å². The molecule has 0 saturated carbocycles. The Morgan fingerprint density at radius 1 is 0.976 bits per heavy atom. The number of hydrogen-bond donors (Lipinski definition) is 1. The summed E-state index contributed by atoms with van der Waals surface area (Å²) < 4.78 is 24.9. The molecule has 0 bridgehead atoms. The van der Waals surface area contributed by atoms with E-state index in [1.807, 2.05) is 50.3 Å². The Morgan fingerprint density at radius 3 is 2.15 bits per heavy atom. The van der Waals surface area contributed by atoms with Crippen molar-refractivity contribution < 1.29 is 122 Å². The molecule has 2 rings (SSSR count). The maximum absolute atomic E-state index is 12.6. The summed E-state index contributed by atoms with van der Waals surface area (Å²) in [4.78, 5) is 36.6. The SMILES string of the molecule is CC1=CC=C(S(=O)(=O)CCSCCNC(=O)C(C)C([CH-]C(CC(C)c2ccccc2)C(=O)[O-])C(=O)[O-])CC1.[Na+].[Na+].[Na+]. The monoisotopic (exact) mass is 631 g/mol. The number of amides is 1. The Kier molecular flexibility index (Phi) is 23.4. The fourth-order valence-electron chi connectivity index (χ4n) is 4.21. The molecule has 4 atom stereocenters. The molecule has 0 saturated heterocycles. The van der Waals surface area contributed by atoms with E-state index < -0.39 is 45.4 Å². The molecule has 0 spiro atoms. The van der Waals surface area contributed by atoms with Crippen LogP contribution in [0.4, 0.5) is 0 Å². The third-order valence-electron chi connectivity index (χ3n) is 6.70. The van der Waals surface area contributed by atoms with Crippen LogP contribution in [-0.4, -0.2) is 50.1 Å². The van der Waals surface area contributed by atoms with E-state index in [0.29, 0.717) is 22.8 Å². The first-order valence-corrected chi connectivity index (χ1v) is 15.5. The molecular weight excluding hydrogens is 595 g/mol. The number of rotatable bonds is 16. The number of nitrogens with one attached hydrogen (secondary N) is 1. The molecule has 13 heteroatoms. The number of carbonyl (C=O) groups is 3. The summed E-state index contributed by atoms with van der Waals surface area (Å²) >= 11 is 1.37. The Bertz CT molecular complexity index is 1140. The number of benzene rings is 1. The second-order valence-electron chi connectivity index (χ2n) is 9.67. The summed E-state index contributed by atoms with van der Waals surface area (Å²) in [5.41, 5.74) is 2.06. The molecule has 1 N–H and O–H groups in total. The molecule has 1 aliphatic carbocycles. The number of thioether (sulfide) groups is 1. The second kappa shape index (κ2) is 22.0. The minimum absolute atomic E-state index is 0. The number of carbonyl (C=O) groups excluding carboxylic acids is 3. The van der Waals surface area contributed by atoms with Gasteiger partial charge in [-0.2, -0.15) is 11.8 Å². The van der Waals surface area contributed by atoms with Crippen molar-refractivity contribution in [1.82, 2.24) is 5.32 Å². The summed E-state index contributed by atoms with van der Waals surface area (Å²) in [6.45, 7) is 5.43. The molecular formula is C28H36NNa3O7S2. The first-order valence-electron chi connectivity index (χ1n) is 12.7. The Hall–Kier alpha value is 0.410. The topological polar surface area (TPSA) is 144 Å². The number of sulfone groups is 1. The van der Waals surface area contributed by atoms with E-state index in [1.165, 1.54) is 18.7 Å². The van der Waals surface area contributed by atoms with Crippen molar-refractivity contribution in [2.45, 2.75) is 46.0 Å². The zero-order valence-electron chi connectivity index (χ0n) is 25.1. The molecule has 1 aromatic rings. The van der Waals surface area contributed by atoms with E-state index in [-0.39, 0.29) is 113 Å². The van der Waals surface area contributed by atoms with Gasteiger partial charge in [-0.3, -0.25) is 4.79 Å². The molecule has 0 aromatic heterocycles. The molecule has 41 heavy (non-hydrogen) atoms. The Labute approximate surface area is 315 Å². The van der Waals surface area contributed by atoms with Crippen molar-refractivity contribution in [2.24, 2.45) is 17.8 Å². The molecule has 8 nitrogen and oxygen atoms in total.